The standard InChI is InChI=1S/C29H33N3OS/c1-20-18-29(5,13-12-28(2,3)4)32(14-15-33)25-11-10-21(17-23(20)25)16-22(19-30)27-31-24-8-6-7-9-26(24)34-27/h6-11,16-18,33H,12-15H2,1-5H3/b22-16+. The molecule has 5 heteroatoms. The topological polar surface area (TPSA) is 60.1 Å². The molecular weight excluding hydrogens is 438 g/mol. The molecule has 176 valence electrons. The average Bonchev–Trinajstić information content (AvgIpc) is 3.23. The van der Waals surface area contributed by atoms with Crippen molar-refractivity contribution in [1.29, 1.82) is 5.26 Å². The number of aromatic nitrogens is 1. The van der Waals surface area contributed by atoms with Gasteiger partial charge in [-0.2, -0.15) is 5.26 Å². The SMILES string of the molecule is CC1=CC(C)(CCC(C)(C)C)N(CCO)c2ccc(/C=C(\C#N)c3nc4ccccc4s3)cc21. The third-order valence-electron chi connectivity index (χ3n) is 6.54. The maximum Gasteiger partial charge on any atom is 0.135 e. The van der Waals surface area contributed by atoms with Crippen LogP contribution in [0.15, 0.2) is 48.5 Å². The first kappa shape index (κ1) is 24.2. The molecule has 34 heavy (non-hydrogen) atoms. The van der Waals surface area contributed by atoms with E-state index >= 15 is 0 Å². The van der Waals surface area contributed by atoms with E-state index in [1.54, 1.807) is 11.3 Å². The number of para-hydroxylation sites is 1. The number of aliphatic hydroxyl groups is 1. The van der Waals surface area contributed by atoms with Gasteiger partial charge < -0.3 is 10.0 Å². The van der Waals surface area contributed by atoms with Crippen LogP contribution < -0.4 is 4.90 Å². The first-order chi connectivity index (χ1) is 16.1. The summed E-state index contributed by atoms with van der Waals surface area (Å²) in [7, 11) is 0. The minimum absolute atomic E-state index is 0.106. The van der Waals surface area contributed by atoms with Gasteiger partial charge in [0, 0.05) is 17.8 Å². The van der Waals surface area contributed by atoms with Gasteiger partial charge in [0.1, 0.15) is 11.1 Å². The van der Waals surface area contributed by atoms with E-state index in [0.717, 1.165) is 44.9 Å². The molecule has 1 aromatic heterocycles. The summed E-state index contributed by atoms with van der Waals surface area (Å²) in [5.74, 6) is 0. The quantitative estimate of drug-likeness (QED) is 0.387. The number of fused-ring (bicyclic) bond motifs is 2. The zero-order chi connectivity index (χ0) is 24.5. The lowest BCUT2D eigenvalue weighted by Gasteiger charge is -2.46. The van der Waals surface area contributed by atoms with Crippen LogP contribution in [-0.4, -0.2) is 28.8 Å². The summed E-state index contributed by atoms with van der Waals surface area (Å²) in [4.78, 5) is 7.00. The molecule has 1 unspecified atom stereocenters. The van der Waals surface area contributed by atoms with E-state index in [2.05, 4.69) is 74.8 Å². The van der Waals surface area contributed by atoms with Crippen LogP contribution >= 0.6 is 11.3 Å². The van der Waals surface area contributed by atoms with Crippen LogP contribution in [0.3, 0.4) is 0 Å². The van der Waals surface area contributed by atoms with E-state index in [0.29, 0.717) is 12.1 Å². The molecule has 1 atom stereocenters. The van der Waals surface area contributed by atoms with E-state index in [4.69, 9.17) is 0 Å². The van der Waals surface area contributed by atoms with Gasteiger partial charge in [-0.15, -0.1) is 11.3 Å². The molecule has 0 bridgehead atoms. The van der Waals surface area contributed by atoms with Gasteiger partial charge >= 0.3 is 0 Å². The third-order valence-corrected chi connectivity index (χ3v) is 7.61. The molecule has 1 aliphatic rings. The van der Waals surface area contributed by atoms with Gasteiger partial charge in [0.25, 0.3) is 0 Å². The van der Waals surface area contributed by atoms with Crippen LogP contribution in [0, 0.1) is 16.7 Å². The van der Waals surface area contributed by atoms with Crippen LogP contribution in [0.2, 0.25) is 0 Å². The van der Waals surface area contributed by atoms with Crippen LogP contribution in [0.4, 0.5) is 5.69 Å². The van der Waals surface area contributed by atoms with Crippen LogP contribution in [-0.2, 0) is 0 Å². The summed E-state index contributed by atoms with van der Waals surface area (Å²) in [6, 6.07) is 16.7. The summed E-state index contributed by atoms with van der Waals surface area (Å²) in [6.07, 6.45) is 6.39. The number of allylic oxidation sites excluding steroid dienone is 2. The summed E-state index contributed by atoms with van der Waals surface area (Å²) in [6.45, 7) is 12.0. The molecule has 2 aromatic carbocycles. The van der Waals surface area contributed by atoms with E-state index in [1.165, 1.54) is 5.57 Å². The van der Waals surface area contributed by atoms with Crippen molar-refractivity contribution in [2.75, 3.05) is 18.1 Å². The van der Waals surface area contributed by atoms with E-state index in [9.17, 15) is 10.4 Å². The molecule has 0 amide bonds. The number of hydrogen-bond donors (Lipinski definition) is 1. The Morgan fingerprint density at radius 2 is 2.00 bits per heavy atom. The average molecular weight is 472 g/mol. The molecule has 0 saturated carbocycles. The summed E-state index contributed by atoms with van der Waals surface area (Å²) in [5.41, 5.74) is 6.09. The highest BCUT2D eigenvalue weighted by atomic mass is 32.1. The van der Waals surface area contributed by atoms with Gasteiger partial charge in [0.2, 0.25) is 0 Å². The second kappa shape index (κ2) is 9.37. The Balaban J connectivity index is 1.71. The van der Waals surface area contributed by atoms with E-state index in [-0.39, 0.29) is 17.6 Å². The third kappa shape index (κ3) is 4.94. The molecule has 1 N–H and O–H groups in total. The zero-order valence-electron chi connectivity index (χ0n) is 20.7. The van der Waals surface area contributed by atoms with Gasteiger partial charge in [0.05, 0.1) is 27.9 Å². The molecule has 1 aliphatic heterocycles. The molecule has 4 rings (SSSR count). The van der Waals surface area contributed by atoms with Crippen molar-refractivity contribution in [3.63, 3.8) is 0 Å². The van der Waals surface area contributed by atoms with Crippen molar-refractivity contribution in [2.45, 2.75) is 53.0 Å². The molecule has 2 heterocycles. The fraction of sp³-hybridized carbons (Fsp3) is 0.379. The van der Waals surface area contributed by atoms with Crippen molar-refractivity contribution in [3.05, 3.63) is 64.7 Å². The lowest BCUT2D eigenvalue weighted by Crippen LogP contribution is -2.49. The number of β-amino-alcohol motifs (C(OH)–C–C–N with tert-alkyl or cyclic N) is 1. The molecule has 0 saturated heterocycles. The predicted molar refractivity (Wildman–Crippen MR) is 145 cm³/mol. The number of nitriles is 1. The second-order valence-corrected chi connectivity index (χ2v) is 11.6. The fourth-order valence-corrected chi connectivity index (χ4v) is 5.63. The highest BCUT2D eigenvalue weighted by Crippen LogP contribution is 2.43. The number of benzene rings is 2. The first-order valence-corrected chi connectivity index (χ1v) is 12.7. The smallest absolute Gasteiger partial charge is 0.135 e. The number of nitrogens with zero attached hydrogens (tertiary/aromatic N) is 3. The van der Waals surface area contributed by atoms with Crippen molar-refractivity contribution in [3.8, 4) is 6.07 Å². The Kier molecular flexibility index (Phi) is 6.66. The molecular formula is C29H33N3OS. The molecule has 3 aromatic rings. The van der Waals surface area contributed by atoms with Gasteiger partial charge in [-0.3, -0.25) is 0 Å². The Hall–Kier alpha value is -2.94. The Bertz CT molecular complexity index is 1270. The van der Waals surface area contributed by atoms with Gasteiger partial charge in [0.15, 0.2) is 0 Å². The lowest BCUT2D eigenvalue weighted by atomic mass is 9.79. The lowest BCUT2D eigenvalue weighted by molar-refractivity contribution is 0.277. The summed E-state index contributed by atoms with van der Waals surface area (Å²) < 4.78 is 1.08. The maximum absolute atomic E-state index is 9.86. The molecule has 0 spiro atoms. The van der Waals surface area contributed by atoms with Gasteiger partial charge in [-0.1, -0.05) is 45.0 Å². The van der Waals surface area contributed by atoms with Crippen LogP contribution in [0.5, 0.6) is 0 Å². The second-order valence-electron chi connectivity index (χ2n) is 10.6. The Morgan fingerprint density at radius 3 is 2.68 bits per heavy atom. The number of hydrogen-bond acceptors (Lipinski definition) is 5. The number of aliphatic hydroxyl groups excluding tert-OH is 1. The van der Waals surface area contributed by atoms with Gasteiger partial charge in [-0.25, -0.2) is 4.98 Å². The van der Waals surface area contributed by atoms with E-state index < -0.39 is 0 Å². The maximum atomic E-state index is 9.86. The molecule has 0 aliphatic carbocycles. The normalized spacial score (nSPS) is 18.6. The molecule has 0 fully saturated rings. The van der Waals surface area contributed by atoms with Crippen LogP contribution in [0.25, 0.3) is 27.4 Å². The van der Waals surface area contributed by atoms with Gasteiger partial charge in [-0.05, 0) is 73.6 Å². The Morgan fingerprint density at radius 1 is 1.24 bits per heavy atom. The predicted octanol–water partition coefficient (Wildman–Crippen LogP) is 7.16. The van der Waals surface area contributed by atoms with Crippen molar-refractivity contribution < 1.29 is 5.11 Å². The number of rotatable bonds is 6. The molecule has 4 nitrogen and oxygen atoms in total. The molecule has 0 radical (unpaired) electrons. The van der Waals surface area contributed by atoms with Crippen molar-refractivity contribution in [2.24, 2.45) is 5.41 Å². The first-order valence-electron chi connectivity index (χ1n) is 11.8. The van der Waals surface area contributed by atoms with Crippen molar-refractivity contribution >= 4 is 44.5 Å². The van der Waals surface area contributed by atoms with Crippen molar-refractivity contribution in [1.82, 2.24) is 4.98 Å². The highest BCUT2D eigenvalue weighted by Gasteiger charge is 2.35. The number of thiazole rings is 1. The monoisotopic (exact) mass is 471 g/mol. The summed E-state index contributed by atoms with van der Waals surface area (Å²) in [5, 5.41) is 20.5. The minimum Gasteiger partial charge on any atom is -0.395 e. The van der Waals surface area contributed by atoms with E-state index in [1.807, 2.05) is 30.3 Å². The number of anilines is 1. The largest absolute Gasteiger partial charge is 0.395 e. The highest BCUT2D eigenvalue weighted by molar-refractivity contribution is 7.19. The summed E-state index contributed by atoms with van der Waals surface area (Å²) >= 11 is 1.54. The van der Waals surface area contributed by atoms with Crippen LogP contribution in [0.1, 0.15) is 63.6 Å². The minimum atomic E-state index is -0.150. The fourth-order valence-electron chi connectivity index (χ4n) is 4.70. The zero-order valence-corrected chi connectivity index (χ0v) is 21.5. The Labute approximate surface area is 206 Å².